The molecule has 1 aliphatic heterocycles. The molecule has 1 aliphatic rings. The number of nitrogens with one attached hydrogen (secondary N) is 1. The number of amides is 2. The van der Waals surface area contributed by atoms with E-state index in [-0.39, 0.29) is 24.7 Å². The third-order valence-electron chi connectivity index (χ3n) is 4.22. The Kier molecular flexibility index (Phi) is 5.25. The van der Waals surface area contributed by atoms with Gasteiger partial charge in [0.15, 0.2) is 12.4 Å². The molecular formula is C19H21N3O5. The average molecular weight is 371 g/mol. The van der Waals surface area contributed by atoms with Crippen molar-refractivity contribution >= 4 is 29.3 Å². The van der Waals surface area contributed by atoms with Crippen molar-refractivity contribution in [2.24, 2.45) is 5.92 Å². The second-order valence-electron chi connectivity index (χ2n) is 6.73. The molecule has 1 fully saturated rings. The number of carbonyl (C=O) groups is 3. The Hall–Kier alpha value is -3.16. The zero-order chi connectivity index (χ0) is 19.6. The largest absolute Gasteiger partial charge is 0.455 e. The van der Waals surface area contributed by atoms with E-state index in [0.717, 1.165) is 16.8 Å². The van der Waals surface area contributed by atoms with Crippen LogP contribution in [-0.4, -0.2) is 36.1 Å². The summed E-state index contributed by atoms with van der Waals surface area (Å²) in [5.41, 5.74) is 2.86. The summed E-state index contributed by atoms with van der Waals surface area (Å²) in [7, 11) is 0. The first-order chi connectivity index (χ1) is 12.8. The molecule has 2 amide bonds. The maximum Gasteiger partial charge on any atom is 0.311 e. The minimum atomic E-state index is -0.597. The number of nitrogens with zero attached hydrogens (tertiary/aromatic N) is 2. The van der Waals surface area contributed by atoms with Crippen molar-refractivity contribution in [1.82, 2.24) is 5.16 Å². The molecule has 1 aromatic heterocycles. The number of aromatic nitrogens is 1. The van der Waals surface area contributed by atoms with Gasteiger partial charge in [0, 0.05) is 24.7 Å². The van der Waals surface area contributed by atoms with E-state index in [1.54, 1.807) is 17.9 Å². The van der Waals surface area contributed by atoms with Gasteiger partial charge in [-0.2, -0.15) is 0 Å². The molecule has 0 aliphatic carbocycles. The van der Waals surface area contributed by atoms with Crippen LogP contribution in [0, 0.1) is 26.7 Å². The zero-order valence-corrected chi connectivity index (χ0v) is 15.4. The van der Waals surface area contributed by atoms with Crippen molar-refractivity contribution in [3.8, 4) is 0 Å². The van der Waals surface area contributed by atoms with E-state index < -0.39 is 24.4 Å². The molecule has 2 heterocycles. The van der Waals surface area contributed by atoms with Gasteiger partial charge in [0.05, 0.1) is 5.92 Å². The van der Waals surface area contributed by atoms with Gasteiger partial charge in [-0.25, -0.2) is 0 Å². The molecule has 27 heavy (non-hydrogen) atoms. The third-order valence-corrected chi connectivity index (χ3v) is 4.22. The number of anilines is 2. The lowest BCUT2D eigenvalue weighted by atomic mass is 10.1. The Balaban J connectivity index is 1.55. The molecule has 8 heteroatoms. The van der Waals surface area contributed by atoms with Crippen molar-refractivity contribution in [1.29, 1.82) is 0 Å². The highest BCUT2D eigenvalue weighted by Crippen LogP contribution is 2.27. The van der Waals surface area contributed by atoms with Crippen LogP contribution in [-0.2, 0) is 19.1 Å². The van der Waals surface area contributed by atoms with Crippen LogP contribution >= 0.6 is 0 Å². The summed E-state index contributed by atoms with van der Waals surface area (Å²) in [6.07, 6.45) is 0.0654. The number of carbonyl (C=O) groups excluding carboxylic acids is 3. The summed E-state index contributed by atoms with van der Waals surface area (Å²) in [5, 5.41) is 6.10. The van der Waals surface area contributed by atoms with Gasteiger partial charge < -0.3 is 19.5 Å². The molecule has 8 nitrogen and oxygen atoms in total. The molecular weight excluding hydrogens is 350 g/mol. The monoisotopic (exact) mass is 371 g/mol. The van der Waals surface area contributed by atoms with Crippen LogP contribution < -0.4 is 10.2 Å². The molecule has 2 aromatic rings. The van der Waals surface area contributed by atoms with E-state index in [1.165, 1.54) is 0 Å². The molecule has 1 N–H and O–H groups in total. The fourth-order valence-electron chi connectivity index (χ4n) is 3.08. The minimum absolute atomic E-state index is 0.0654. The molecule has 0 bridgehead atoms. The van der Waals surface area contributed by atoms with E-state index >= 15 is 0 Å². The predicted octanol–water partition coefficient (Wildman–Crippen LogP) is 2.13. The summed E-state index contributed by atoms with van der Waals surface area (Å²) in [4.78, 5) is 38.0. The summed E-state index contributed by atoms with van der Waals surface area (Å²) in [5.74, 6) is -1.01. The number of aryl methyl sites for hydroxylation is 3. The van der Waals surface area contributed by atoms with Crippen molar-refractivity contribution < 1.29 is 23.6 Å². The lowest BCUT2D eigenvalue weighted by molar-refractivity contribution is -0.151. The second-order valence-corrected chi connectivity index (χ2v) is 6.73. The first kappa shape index (κ1) is 18.6. The zero-order valence-electron chi connectivity index (χ0n) is 15.4. The summed E-state index contributed by atoms with van der Waals surface area (Å²) in [6.45, 7) is 5.40. The van der Waals surface area contributed by atoms with Crippen LogP contribution in [0.15, 0.2) is 28.8 Å². The highest BCUT2D eigenvalue weighted by Gasteiger charge is 2.36. The Labute approximate surface area is 156 Å². The number of esters is 1. The number of hydrogen-bond donors (Lipinski definition) is 1. The molecule has 0 radical (unpaired) electrons. The van der Waals surface area contributed by atoms with E-state index in [2.05, 4.69) is 10.5 Å². The van der Waals surface area contributed by atoms with Crippen molar-refractivity contribution in [3.63, 3.8) is 0 Å². The SMILES string of the molecule is Cc1cc(C)cc(N2C[C@H](C(=O)OCC(=O)Nc3cc(C)on3)CC2=O)c1. The Morgan fingerprint density at radius 3 is 2.56 bits per heavy atom. The van der Waals surface area contributed by atoms with Crippen LogP contribution in [0.25, 0.3) is 0 Å². The first-order valence-electron chi connectivity index (χ1n) is 8.60. The van der Waals surface area contributed by atoms with Gasteiger partial charge in [0.1, 0.15) is 5.76 Å². The van der Waals surface area contributed by atoms with Gasteiger partial charge in [0.2, 0.25) is 5.91 Å². The van der Waals surface area contributed by atoms with Crippen molar-refractivity contribution in [2.45, 2.75) is 27.2 Å². The molecule has 0 unspecified atom stereocenters. The Morgan fingerprint density at radius 2 is 1.93 bits per heavy atom. The summed E-state index contributed by atoms with van der Waals surface area (Å²) < 4.78 is 9.90. The van der Waals surface area contributed by atoms with Crippen LogP contribution in [0.4, 0.5) is 11.5 Å². The third kappa shape index (κ3) is 4.52. The van der Waals surface area contributed by atoms with Crippen LogP contribution in [0.2, 0.25) is 0 Å². The normalized spacial score (nSPS) is 16.5. The maximum absolute atomic E-state index is 12.3. The van der Waals surface area contributed by atoms with Gasteiger partial charge in [-0.05, 0) is 44.0 Å². The van der Waals surface area contributed by atoms with Crippen LogP contribution in [0.5, 0.6) is 0 Å². The Bertz CT molecular complexity index is 869. The number of hydrogen-bond acceptors (Lipinski definition) is 6. The first-order valence-corrected chi connectivity index (χ1v) is 8.60. The van der Waals surface area contributed by atoms with E-state index in [4.69, 9.17) is 9.26 Å². The van der Waals surface area contributed by atoms with Gasteiger partial charge >= 0.3 is 5.97 Å². The fourth-order valence-corrected chi connectivity index (χ4v) is 3.08. The second kappa shape index (κ2) is 7.61. The molecule has 1 saturated heterocycles. The maximum atomic E-state index is 12.3. The van der Waals surface area contributed by atoms with Crippen LogP contribution in [0.1, 0.15) is 23.3 Å². The van der Waals surface area contributed by atoms with Gasteiger partial charge in [0.25, 0.3) is 5.91 Å². The van der Waals surface area contributed by atoms with Crippen molar-refractivity contribution in [2.75, 3.05) is 23.4 Å². The Morgan fingerprint density at radius 1 is 1.22 bits per heavy atom. The van der Waals surface area contributed by atoms with Gasteiger partial charge in [-0.3, -0.25) is 14.4 Å². The highest BCUT2D eigenvalue weighted by atomic mass is 16.5. The summed E-state index contributed by atoms with van der Waals surface area (Å²) >= 11 is 0. The number of benzene rings is 1. The number of rotatable bonds is 5. The quantitative estimate of drug-likeness (QED) is 0.808. The molecule has 3 rings (SSSR count). The molecule has 142 valence electrons. The van der Waals surface area contributed by atoms with Gasteiger partial charge in [-0.1, -0.05) is 11.2 Å². The molecule has 0 spiro atoms. The topological polar surface area (TPSA) is 102 Å². The van der Waals surface area contributed by atoms with Crippen LogP contribution in [0.3, 0.4) is 0 Å². The number of ether oxygens (including phenoxy) is 1. The predicted molar refractivity (Wildman–Crippen MR) is 97.2 cm³/mol. The molecule has 1 aromatic carbocycles. The lowest BCUT2D eigenvalue weighted by Gasteiger charge is -2.18. The van der Waals surface area contributed by atoms with Gasteiger partial charge in [-0.15, -0.1) is 0 Å². The minimum Gasteiger partial charge on any atom is -0.455 e. The molecule has 1 atom stereocenters. The standard InChI is InChI=1S/C19H21N3O5/c1-11-4-12(2)6-15(5-11)22-9-14(8-18(22)24)19(25)26-10-17(23)20-16-7-13(3)27-21-16/h4-7,14H,8-10H2,1-3H3,(H,20,21,23)/t14-/m1/s1. The average Bonchev–Trinajstić information content (AvgIpc) is 3.17. The van der Waals surface area contributed by atoms with E-state index in [1.807, 2.05) is 32.0 Å². The van der Waals surface area contributed by atoms with E-state index in [9.17, 15) is 14.4 Å². The smallest absolute Gasteiger partial charge is 0.311 e. The lowest BCUT2D eigenvalue weighted by Crippen LogP contribution is -2.28. The molecule has 0 saturated carbocycles. The fraction of sp³-hybridized carbons (Fsp3) is 0.368. The highest BCUT2D eigenvalue weighted by molar-refractivity contribution is 6.00. The van der Waals surface area contributed by atoms with E-state index in [0.29, 0.717) is 5.76 Å². The van der Waals surface area contributed by atoms with Crippen molar-refractivity contribution in [3.05, 3.63) is 41.2 Å². The summed E-state index contributed by atoms with van der Waals surface area (Å²) in [6, 6.07) is 7.39.